The number of aliphatic carboxylic acids is 1. The Morgan fingerprint density at radius 2 is 2.20 bits per heavy atom. The van der Waals surface area contributed by atoms with E-state index in [9.17, 15) is 13.2 Å². The molecule has 0 spiro atoms. The van der Waals surface area contributed by atoms with Crippen molar-refractivity contribution in [2.45, 2.75) is 24.2 Å². The van der Waals surface area contributed by atoms with Crippen LogP contribution in [0.3, 0.4) is 0 Å². The van der Waals surface area contributed by atoms with Gasteiger partial charge in [0.1, 0.15) is 5.75 Å². The van der Waals surface area contributed by atoms with Crippen molar-refractivity contribution in [2.75, 3.05) is 32.8 Å². The van der Waals surface area contributed by atoms with Gasteiger partial charge in [-0.05, 0) is 49.1 Å². The summed E-state index contributed by atoms with van der Waals surface area (Å²) in [7, 11) is -3.52. The molecule has 0 aliphatic carbocycles. The third-order valence-electron chi connectivity index (χ3n) is 4.49. The van der Waals surface area contributed by atoms with Gasteiger partial charge in [-0.3, -0.25) is 4.79 Å². The van der Waals surface area contributed by atoms with Crippen LogP contribution in [0.4, 0.5) is 0 Å². The van der Waals surface area contributed by atoms with Gasteiger partial charge in [-0.2, -0.15) is 4.31 Å². The van der Waals surface area contributed by atoms with Gasteiger partial charge in [-0.15, -0.1) is 12.4 Å². The van der Waals surface area contributed by atoms with Gasteiger partial charge in [0, 0.05) is 19.5 Å². The molecule has 2 aliphatic heterocycles. The first kappa shape index (κ1) is 20.0. The highest BCUT2D eigenvalue weighted by molar-refractivity contribution is 7.89. The molecule has 1 saturated heterocycles. The zero-order chi connectivity index (χ0) is 17.2. The smallest absolute Gasteiger partial charge is 0.317 e. The van der Waals surface area contributed by atoms with E-state index in [1.807, 2.05) is 0 Å². The molecule has 140 valence electrons. The molecule has 1 fully saturated rings. The van der Waals surface area contributed by atoms with Crippen molar-refractivity contribution in [3.05, 3.63) is 23.8 Å². The standard InChI is InChI=1S/C16H22N2O5S.ClH/c19-16(20)10-17-9-12-2-1-6-18(11-12)24(21,22)14-3-4-15-13(8-14)5-7-23-15;/h3-4,8,12,17H,1-2,5-7,9-11H2,(H,19,20);1H. The first-order valence-corrected chi connectivity index (χ1v) is 9.59. The summed E-state index contributed by atoms with van der Waals surface area (Å²) >= 11 is 0. The lowest BCUT2D eigenvalue weighted by molar-refractivity contribution is -0.136. The summed E-state index contributed by atoms with van der Waals surface area (Å²) in [5.41, 5.74) is 0.938. The lowest BCUT2D eigenvalue weighted by atomic mass is 10.00. The van der Waals surface area contributed by atoms with Gasteiger partial charge in [0.15, 0.2) is 0 Å². The number of carbonyl (C=O) groups is 1. The Kier molecular flexibility index (Phi) is 6.67. The molecule has 0 saturated carbocycles. The van der Waals surface area contributed by atoms with Gasteiger partial charge in [0.25, 0.3) is 0 Å². The molecule has 25 heavy (non-hydrogen) atoms. The molecule has 0 bridgehead atoms. The van der Waals surface area contributed by atoms with Crippen LogP contribution in [0.25, 0.3) is 0 Å². The predicted molar refractivity (Wildman–Crippen MR) is 94.9 cm³/mol. The molecule has 2 aliphatic rings. The Morgan fingerprint density at radius 1 is 1.40 bits per heavy atom. The number of carboxylic acid groups (broad SMARTS) is 1. The van der Waals surface area contributed by atoms with Crippen LogP contribution in [0.15, 0.2) is 23.1 Å². The van der Waals surface area contributed by atoms with Crippen LogP contribution in [-0.4, -0.2) is 56.6 Å². The number of carboxylic acids is 1. The molecule has 0 radical (unpaired) electrons. The molecule has 7 nitrogen and oxygen atoms in total. The molecule has 1 aromatic carbocycles. The average Bonchev–Trinajstić information content (AvgIpc) is 3.02. The summed E-state index contributed by atoms with van der Waals surface area (Å²) in [6, 6.07) is 5.04. The summed E-state index contributed by atoms with van der Waals surface area (Å²) in [4.78, 5) is 10.9. The van der Waals surface area contributed by atoms with E-state index in [4.69, 9.17) is 9.84 Å². The summed E-state index contributed by atoms with van der Waals surface area (Å²) in [5.74, 6) is -0.00961. The fourth-order valence-corrected chi connectivity index (χ4v) is 4.87. The number of fused-ring (bicyclic) bond motifs is 1. The van der Waals surface area contributed by atoms with Gasteiger partial charge in [0.05, 0.1) is 18.0 Å². The molecule has 2 N–H and O–H groups in total. The molecule has 0 amide bonds. The van der Waals surface area contributed by atoms with Gasteiger partial charge >= 0.3 is 5.97 Å². The maximum atomic E-state index is 12.9. The van der Waals surface area contributed by atoms with Crippen LogP contribution in [0, 0.1) is 5.92 Å². The van der Waals surface area contributed by atoms with E-state index in [1.165, 1.54) is 4.31 Å². The van der Waals surface area contributed by atoms with E-state index in [0.717, 1.165) is 30.6 Å². The van der Waals surface area contributed by atoms with Gasteiger partial charge in [0.2, 0.25) is 10.0 Å². The van der Waals surface area contributed by atoms with E-state index < -0.39 is 16.0 Å². The van der Waals surface area contributed by atoms with Crippen molar-refractivity contribution in [2.24, 2.45) is 5.92 Å². The van der Waals surface area contributed by atoms with Crippen molar-refractivity contribution >= 4 is 28.4 Å². The number of nitrogens with one attached hydrogen (secondary N) is 1. The minimum Gasteiger partial charge on any atom is -0.493 e. The fraction of sp³-hybridized carbons (Fsp3) is 0.562. The number of hydrogen-bond donors (Lipinski definition) is 2. The van der Waals surface area contributed by atoms with Crippen LogP contribution in [0.2, 0.25) is 0 Å². The zero-order valence-corrected chi connectivity index (χ0v) is 15.4. The number of rotatable bonds is 6. The summed E-state index contributed by atoms with van der Waals surface area (Å²) < 4.78 is 32.7. The lowest BCUT2D eigenvalue weighted by Crippen LogP contribution is -2.43. The Bertz CT molecular complexity index is 725. The summed E-state index contributed by atoms with van der Waals surface area (Å²) in [6.07, 6.45) is 2.42. The van der Waals surface area contributed by atoms with Crippen LogP contribution < -0.4 is 10.1 Å². The highest BCUT2D eigenvalue weighted by atomic mass is 35.5. The molecule has 2 heterocycles. The predicted octanol–water partition coefficient (Wildman–Crippen LogP) is 1.12. The van der Waals surface area contributed by atoms with Gasteiger partial charge in [-0.25, -0.2) is 8.42 Å². The van der Waals surface area contributed by atoms with Gasteiger partial charge < -0.3 is 15.2 Å². The molecule has 0 aromatic heterocycles. The summed E-state index contributed by atoms with van der Waals surface area (Å²) in [6.45, 7) is 1.93. The highest BCUT2D eigenvalue weighted by Crippen LogP contribution is 2.30. The molecule has 1 aromatic rings. The topological polar surface area (TPSA) is 95.9 Å². The molecule has 1 unspecified atom stereocenters. The monoisotopic (exact) mass is 390 g/mol. The Labute approximate surface area is 153 Å². The van der Waals surface area contributed by atoms with Crippen LogP contribution in [0.1, 0.15) is 18.4 Å². The minimum absolute atomic E-state index is 0. The molecule has 9 heteroatoms. The number of hydrogen-bond acceptors (Lipinski definition) is 5. The van der Waals surface area contributed by atoms with Crippen molar-refractivity contribution < 1.29 is 23.1 Å². The number of benzene rings is 1. The number of piperidine rings is 1. The second kappa shape index (κ2) is 8.35. The average molecular weight is 391 g/mol. The van der Waals surface area contributed by atoms with Crippen LogP contribution >= 0.6 is 12.4 Å². The fourth-order valence-electron chi connectivity index (χ4n) is 3.27. The Balaban J connectivity index is 0.00000225. The normalized spacial score (nSPS) is 20.4. The number of sulfonamides is 1. The second-order valence-electron chi connectivity index (χ2n) is 6.26. The quantitative estimate of drug-likeness (QED) is 0.755. The first-order valence-electron chi connectivity index (χ1n) is 8.15. The van der Waals surface area contributed by atoms with Crippen molar-refractivity contribution in [1.29, 1.82) is 0 Å². The van der Waals surface area contributed by atoms with Crippen molar-refractivity contribution in [3.63, 3.8) is 0 Å². The van der Waals surface area contributed by atoms with E-state index in [1.54, 1.807) is 18.2 Å². The summed E-state index contributed by atoms with van der Waals surface area (Å²) in [5, 5.41) is 11.5. The molecule has 1 atom stereocenters. The zero-order valence-electron chi connectivity index (χ0n) is 13.8. The van der Waals surface area contributed by atoms with E-state index in [2.05, 4.69) is 5.32 Å². The first-order chi connectivity index (χ1) is 11.5. The van der Waals surface area contributed by atoms with Crippen molar-refractivity contribution in [1.82, 2.24) is 9.62 Å². The highest BCUT2D eigenvalue weighted by Gasteiger charge is 2.31. The van der Waals surface area contributed by atoms with Crippen LogP contribution in [-0.2, 0) is 21.2 Å². The third-order valence-corrected chi connectivity index (χ3v) is 6.35. The molecule has 3 rings (SSSR count). The van der Waals surface area contributed by atoms with E-state index in [-0.39, 0.29) is 24.9 Å². The van der Waals surface area contributed by atoms with E-state index >= 15 is 0 Å². The Hall–Kier alpha value is -1.35. The minimum atomic E-state index is -3.52. The lowest BCUT2D eigenvalue weighted by Gasteiger charge is -2.32. The largest absolute Gasteiger partial charge is 0.493 e. The van der Waals surface area contributed by atoms with Crippen molar-refractivity contribution in [3.8, 4) is 5.75 Å². The Morgan fingerprint density at radius 3 is 2.96 bits per heavy atom. The second-order valence-corrected chi connectivity index (χ2v) is 8.20. The maximum absolute atomic E-state index is 12.9. The third kappa shape index (κ3) is 4.63. The molecular weight excluding hydrogens is 368 g/mol. The van der Waals surface area contributed by atoms with Crippen LogP contribution in [0.5, 0.6) is 5.75 Å². The van der Waals surface area contributed by atoms with Gasteiger partial charge in [-0.1, -0.05) is 0 Å². The number of nitrogens with zero attached hydrogens (tertiary/aromatic N) is 1. The SMILES string of the molecule is Cl.O=C(O)CNCC1CCCN(S(=O)(=O)c2ccc3c(c2)CCO3)C1. The number of ether oxygens (including phenoxy) is 1. The maximum Gasteiger partial charge on any atom is 0.317 e. The van der Waals surface area contributed by atoms with E-state index in [0.29, 0.717) is 31.1 Å². The molecular formula is C16H23ClN2O5S. The number of halogens is 1.